The minimum absolute atomic E-state index is 0.00105. The Balaban J connectivity index is 2.12. The van der Waals surface area contributed by atoms with Gasteiger partial charge in [-0.15, -0.1) is 5.11 Å². The van der Waals surface area contributed by atoms with Crippen LogP contribution in [0.15, 0.2) is 57.2 Å². The molecule has 0 spiro atoms. The molecule has 0 unspecified atom stereocenters. The third-order valence-corrected chi connectivity index (χ3v) is 4.13. The summed E-state index contributed by atoms with van der Waals surface area (Å²) in [6.45, 7) is 0.979. The standard InChI is InChI=1S/C17H16BrN5O3/c18-16-12-15(23(25)26)6-7-17(16)21-20-13-2-4-14(5-3-13)22(10-11-24)9-1-8-19/h2-7,12,24H,1,9-11H2. The van der Waals surface area contributed by atoms with Gasteiger partial charge in [0.15, 0.2) is 0 Å². The van der Waals surface area contributed by atoms with E-state index in [1.165, 1.54) is 18.2 Å². The summed E-state index contributed by atoms with van der Waals surface area (Å²) in [7, 11) is 0. The molecule has 26 heavy (non-hydrogen) atoms. The fourth-order valence-electron chi connectivity index (χ4n) is 2.21. The molecule has 1 N–H and O–H groups in total. The Bertz CT molecular complexity index is 833. The molecule has 0 saturated carbocycles. The van der Waals surface area contributed by atoms with Crippen molar-refractivity contribution in [2.24, 2.45) is 10.2 Å². The fraction of sp³-hybridized carbons (Fsp3) is 0.235. The van der Waals surface area contributed by atoms with E-state index < -0.39 is 4.92 Å². The number of nitro groups is 1. The van der Waals surface area contributed by atoms with Crippen molar-refractivity contribution in [2.75, 3.05) is 24.6 Å². The first-order valence-electron chi connectivity index (χ1n) is 7.73. The van der Waals surface area contributed by atoms with Crippen molar-refractivity contribution in [3.63, 3.8) is 0 Å². The molecule has 9 heteroatoms. The van der Waals surface area contributed by atoms with E-state index in [0.717, 1.165) is 5.69 Å². The number of anilines is 1. The van der Waals surface area contributed by atoms with Gasteiger partial charge in [0.1, 0.15) is 5.69 Å². The summed E-state index contributed by atoms with van der Waals surface area (Å²) >= 11 is 3.25. The van der Waals surface area contributed by atoms with Crippen LogP contribution in [-0.2, 0) is 0 Å². The zero-order valence-corrected chi connectivity index (χ0v) is 15.3. The molecule has 2 rings (SSSR count). The van der Waals surface area contributed by atoms with Gasteiger partial charge in [0, 0.05) is 30.9 Å². The number of hydrogen-bond donors (Lipinski definition) is 1. The molecular formula is C17H16BrN5O3. The van der Waals surface area contributed by atoms with E-state index in [2.05, 4.69) is 32.2 Å². The lowest BCUT2D eigenvalue weighted by Crippen LogP contribution is -2.27. The number of non-ortho nitro benzene ring substituents is 1. The largest absolute Gasteiger partial charge is 0.395 e. The Kier molecular flexibility index (Phi) is 7.20. The SMILES string of the molecule is N#CCCN(CCO)c1ccc(N=Nc2ccc([N+](=O)[O-])cc2Br)cc1. The van der Waals surface area contributed by atoms with Crippen molar-refractivity contribution >= 4 is 38.7 Å². The van der Waals surface area contributed by atoms with Crippen LogP contribution in [0.1, 0.15) is 6.42 Å². The van der Waals surface area contributed by atoms with Crippen molar-refractivity contribution in [3.8, 4) is 6.07 Å². The highest BCUT2D eigenvalue weighted by atomic mass is 79.9. The van der Waals surface area contributed by atoms with E-state index in [1.807, 2.05) is 17.0 Å². The van der Waals surface area contributed by atoms with E-state index in [-0.39, 0.29) is 12.3 Å². The molecule has 0 atom stereocenters. The zero-order valence-electron chi connectivity index (χ0n) is 13.7. The minimum Gasteiger partial charge on any atom is -0.395 e. The summed E-state index contributed by atoms with van der Waals surface area (Å²) in [6.07, 6.45) is 0.371. The molecule has 0 heterocycles. The van der Waals surface area contributed by atoms with Crippen LogP contribution in [-0.4, -0.2) is 29.7 Å². The molecule has 134 valence electrons. The molecule has 0 fully saturated rings. The number of halogens is 1. The maximum atomic E-state index is 10.7. The summed E-state index contributed by atoms with van der Waals surface area (Å²) < 4.78 is 0.484. The van der Waals surface area contributed by atoms with Crippen LogP contribution in [0.4, 0.5) is 22.7 Å². The molecule has 8 nitrogen and oxygen atoms in total. The summed E-state index contributed by atoms with van der Waals surface area (Å²) in [6, 6.07) is 13.6. The smallest absolute Gasteiger partial charge is 0.270 e. The highest BCUT2D eigenvalue weighted by molar-refractivity contribution is 9.10. The van der Waals surface area contributed by atoms with Gasteiger partial charge in [0.2, 0.25) is 0 Å². The van der Waals surface area contributed by atoms with Gasteiger partial charge in [-0.1, -0.05) is 0 Å². The second-order valence-corrected chi connectivity index (χ2v) is 6.08. The van der Waals surface area contributed by atoms with Gasteiger partial charge in [-0.25, -0.2) is 0 Å². The third-order valence-electron chi connectivity index (χ3n) is 3.49. The van der Waals surface area contributed by atoms with E-state index in [0.29, 0.717) is 35.4 Å². The molecule has 0 aromatic heterocycles. The molecule has 0 radical (unpaired) electrons. The quantitative estimate of drug-likeness (QED) is 0.385. The molecule has 0 aliphatic carbocycles. The first-order chi connectivity index (χ1) is 12.5. The second kappa shape index (κ2) is 9.60. The number of nitriles is 1. The average molecular weight is 418 g/mol. The number of aliphatic hydroxyl groups excluding tert-OH is 1. The normalized spacial score (nSPS) is 10.7. The molecule has 2 aromatic rings. The van der Waals surface area contributed by atoms with Gasteiger partial charge < -0.3 is 10.0 Å². The Morgan fingerprint density at radius 3 is 2.50 bits per heavy atom. The highest BCUT2D eigenvalue weighted by Gasteiger charge is 2.09. The van der Waals surface area contributed by atoms with Crippen LogP contribution in [0.3, 0.4) is 0 Å². The van der Waals surface area contributed by atoms with Gasteiger partial charge in [0.05, 0.1) is 34.2 Å². The highest BCUT2D eigenvalue weighted by Crippen LogP contribution is 2.31. The molecule has 0 aliphatic heterocycles. The van der Waals surface area contributed by atoms with Crippen molar-refractivity contribution < 1.29 is 10.0 Å². The number of benzene rings is 2. The summed E-state index contributed by atoms with van der Waals surface area (Å²) in [5.41, 5.74) is 1.95. The number of rotatable bonds is 8. The maximum Gasteiger partial charge on any atom is 0.270 e. The minimum atomic E-state index is -0.477. The summed E-state index contributed by atoms with van der Waals surface area (Å²) in [4.78, 5) is 12.2. The van der Waals surface area contributed by atoms with Crippen molar-refractivity contribution in [1.82, 2.24) is 0 Å². The van der Waals surface area contributed by atoms with Gasteiger partial charge in [0.25, 0.3) is 5.69 Å². The molecular weight excluding hydrogens is 402 g/mol. The van der Waals surface area contributed by atoms with Gasteiger partial charge >= 0.3 is 0 Å². The lowest BCUT2D eigenvalue weighted by molar-refractivity contribution is -0.384. The average Bonchev–Trinajstić information content (AvgIpc) is 2.64. The summed E-state index contributed by atoms with van der Waals surface area (Å²) in [5.74, 6) is 0. The van der Waals surface area contributed by atoms with Crippen molar-refractivity contribution in [3.05, 3.63) is 57.1 Å². The maximum absolute atomic E-state index is 10.7. The molecule has 0 bridgehead atoms. The van der Waals surface area contributed by atoms with Crippen LogP contribution in [0.2, 0.25) is 0 Å². The van der Waals surface area contributed by atoms with E-state index >= 15 is 0 Å². The monoisotopic (exact) mass is 417 g/mol. The van der Waals surface area contributed by atoms with Crippen LogP contribution >= 0.6 is 15.9 Å². The zero-order chi connectivity index (χ0) is 18.9. The number of aliphatic hydroxyl groups is 1. The predicted molar refractivity (Wildman–Crippen MR) is 101 cm³/mol. The molecule has 2 aromatic carbocycles. The lowest BCUT2D eigenvalue weighted by atomic mass is 10.2. The van der Waals surface area contributed by atoms with Crippen molar-refractivity contribution in [1.29, 1.82) is 5.26 Å². The first kappa shape index (κ1) is 19.5. The third kappa shape index (κ3) is 5.34. The molecule has 0 aliphatic rings. The van der Waals surface area contributed by atoms with Crippen LogP contribution in [0, 0.1) is 21.4 Å². The Hall–Kier alpha value is -2.83. The fourth-order valence-corrected chi connectivity index (χ4v) is 2.65. The molecule has 0 saturated heterocycles. The number of nitrogens with zero attached hydrogens (tertiary/aromatic N) is 5. The topological polar surface area (TPSA) is 115 Å². The second-order valence-electron chi connectivity index (χ2n) is 5.23. The number of nitro benzene ring substituents is 1. The number of azo groups is 1. The van der Waals surface area contributed by atoms with E-state index in [1.54, 1.807) is 12.1 Å². The molecule has 0 amide bonds. The van der Waals surface area contributed by atoms with Crippen LogP contribution in [0.5, 0.6) is 0 Å². The number of hydrogen-bond acceptors (Lipinski definition) is 7. The van der Waals surface area contributed by atoms with Gasteiger partial charge in [-0.2, -0.15) is 10.4 Å². The predicted octanol–water partition coefficient (Wildman–Crippen LogP) is 4.49. The Morgan fingerprint density at radius 1 is 1.19 bits per heavy atom. The van der Waals surface area contributed by atoms with E-state index in [9.17, 15) is 10.1 Å². The van der Waals surface area contributed by atoms with E-state index in [4.69, 9.17) is 10.4 Å². The Morgan fingerprint density at radius 2 is 1.92 bits per heavy atom. The van der Waals surface area contributed by atoms with Gasteiger partial charge in [-0.05, 0) is 46.3 Å². The Labute approximate surface area is 158 Å². The lowest BCUT2D eigenvalue weighted by Gasteiger charge is -2.22. The van der Waals surface area contributed by atoms with Crippen molar-refractivity contribution in [2.45, 2.75) is 6.42 Å². The first-order valence-corrected chi connectivity index (χ1v) is 8.53. The van der Waals surface area contributed by atoms with Gasteiger partial charge in [-0.3, -0.25) is 10.1 Å². The summed E-state index contributed by atoms with van der Waals surface area (Å²) in [5, 5.41) is 36.8. The van der Waals surface area contributed by atoms with Crippen LogP contribution < -0.4 is 4.90 Å². The van der Waals surface area contributed by atoms with Crippen LogP contribution in [0.25, 0.3) is 0 Å².